The molecule has 0 fully saturated rings. The van der Waals surface area contributed by atoms with Crippen molar-refractivity contribution in [3.05, 3.63) is 35.5 Å². The van der Waals surface area contributed by atoms with Gasteiger partial charge in [0.1, 0.15) is 0 Å². The molecule has 0 aliphatic heterocycles. The van der Waals surface area contributed by atoms with Gasteiger partial charge in [0.15, 0.2) is 0 Å². The van der Waals surface area contributed by atoms with Crippen LogP contribution < -0.4 is 0 Å². The molecule has 0 heteroatoms. The van der Waals surface area contributed by atoms with Crippen molar-refractivity contribution in [1.82, 2.24) is 0 Å². The molecule has 0 saturated carbocycles. The molecule has 0 aromatic rings. The fraction of sp³-hybridized carbons (Fsp3) is 0.625. The Labute approximate surface area is 103 Å². The van der Waals surface area contributed by atoms with Gasteiger partial charge in [-0.25, -0.2) is 0 Å². The Balaban J connectivity index is 0. The fourth-order valence-corrected chi connectivity index (χ4v) is 1.27. The van der Waals surface area contributed by atoms with E-state index in [9.17, 15) is 0 Å². The predicted molar refractivity (Wildman–Crippen MR) is 77.7 cm³/mol. The maximum absolute atomic E-state index is 4.09. The molecule has 0 atom stereocenters. The summed E-state index contributed by atoms with van der Waals surface area (Å²) in [6.45, 7) is 21.2. The molecular formula is C16H30. The first-order valence-corrected chi connectivity index (χ1v) is 6.43. The minimum absolute atomic E-state index is 0.536. The Kier molecular flexibility index (Phi) is 10.4. The van der Waals surface area contributed by atoms with E-state index < -0.39 is 0 Å². The normalized spacial score (nSPS) is 12.6. The van der Waals surface area contributed by atoms with Crippen molar-refractivity contribution in [2.45, 2.75) is 55.4 Å². The summed E-state index contributed by atoms with van der Waals surface area (Å²) in [4.78, 5) is 0. The zero-order valence-corrected chi connectivity index (χ0v) is 12.5. The smallest absolute Gasteiger partial charge is 0.0216 e. The summed E-state index contributed by atoms with van der Waals surface area (Å²) < 4.78 is 0. The molecule has 0 rings (SSSR count). The van der Waals surface area contributed by atoms with Crippen LogP contribution in [0.2, 0.25) is 0 Å². The summed E-state index contributed by atoms with van der Waals surface area (Å²) in [6, 6.07) is 0. The SMILES string of the molecule is C=C(/C=C(\C(C)=C/C)C(C)C)C(C)C.CC. The first-order chi connectivity index (χ1) is 7.40. The zero-order chi connectivity index (χ0) is 13.3. The van der Waals surface area contributed by atoms with E-state index in [-0.39, 0.29) is 0 Å². The minimum atomic E-state index is 0.536. The van der Waals surface area contributed by atoms with E-state index in [2.05, 4.69) is 60.3 Å². The van der Waals surface area contributed by atoms with E-state index >= 15 is 0 Å². The number of rotatable bonds is 4. The quantitative estimate of drug-likeness (QED) is 0.529. The van der Waals surface area contributed by atoms with Gasteiger partial charge in [-0.3, -0.25) is 0 Å². The van der Waals surface area contributed by atoms with Crippen molar-refractivity contribution in [1.29, 1.82) is 0 Å². The highest BCUT2D eigenvalue weighted by atomic mass is 14.1. The fourth-order valence-electron chi connectivity index (χ4n) is 1.27. The molecule has 94 valence electrons. The van der Waals surface area contributed by atoms with Crippen LogP contribution >= 0.6 is 0 Å². The van der Waals surface area contributed by atoms with Gasteiger partial charge in [-0.2, -0.15) is 0 Å². The molecule has 16 heavy (non-hydrogen) atoms. The van der Waals surface area contributed by atoms with Crippen molar-refractivity contribution in [3.8, 4) is 0 Å². The Morgan fingerprint density at radius 2 is 1.44 bits per heavy atom. The second-order valence-corrected chi connectivity index (χ2v) is 4.46. The van der Waals surface area contributed by atoms with Gasteiger partial charge in [-0.1, -0.05) is 71.4 Å². The molecule has 0 heterocycles. The van der Waals surface area contributed by atoms with Gasteiger partial charge in [0, 0.05) is 0 Å². The van der Waals surface area contributed by atoms with Crippen LogP contribution in [-0.4, -0.2) is 0 Å². The van der Waals surface area contributed by atoms with E-state index in [4.69, 9.17) is 0 Å². The molecule has 0 nitrogen and oxygen atoms in total. The van der Waals surface area contributed by atoms with Crippen LogP contribution in [0.1, 0.15) is 55.4 Å². The van der Waals surface area contributed by atoms with E-state index in [1.165, 1.54) is 16.7 Å². The summed E-state index contributed by atoms with van der Waals surface area (Å²) in [5, 5.41) is 0. The monoisotopic (exact) mass is 222 g/mol. The number of hydrogen-bond acceptors (Lipinski definition) is 0. The van der Waals surface area contributed by atoms with Crippen molar-refractivity contribution in [2.24, 2.45) is 11.8 Å². The third-order valence-electron chi connectivity index (χ3n) is 2.59. The van der Waals surface area contributed by atoms with E-state index in [1.807, 2.05) is 13.8 Å². The van der Waals surface area contributed by atoms with Crippen LogP contribution in [-0.2, 0) is 0 Å². The molecule has 0 bridgehead atoms. The third-order valence-corrected chi connectivity index (χ3v) is 2.59. The van der Waals surface area contributed by atoms with E-state index in [1.54, 1.807) is 0 Å². The lowest BCUT2D eigenvalue weighted by Gasteiger charge is -2.14. The van der Waals surface area contributed by atoms with Crippen LogP contribution in [0.25, 0.3) is 0 Å². The highest BCUT2D eigenvalue weighted by Gasteiger charge is 2.06. The van der Waals surface area contributed by atoms with E-state index in [0.717, 1.165) is 0 Å². The van der Waals surface area contributed by atoms with Crippen LogP contribution in [0.4, 0.5) is 0 Å². The van der Waals surface area contributed by atoms with Gasteiger partial charge in [0.05, 0.1) is 0 Å². The summed E-state index contributed by atoms with van der Waals surface area (Å²) in [5.41, 5.74) is 3.99. The van der Waals surface area contributed by atoms with Gasteiger partial charge < -0.3 is 0 Å². The molecule has 0 aromatic carbocycles. The van der Waals surface area contributed by atoms with Crippen molar-refractivity contribution < 1.29 is 0 Å². The first kappa shape index (κ1) is 17.6. The topological polar surface area (TPSA) is 0 Å². The van der Waals surface area contributed by atoms with Gasteiger partial charge in [0.25, 0.3) is 0 Å². The number of allylic oxidation sites excluding steroid dienone is 5. The van der Waals surface area contributed by atoms with Crippen LogP contribution in [0.15, 0.2) is 35.5 Å². The number of hydrogen-bond donors (Lipinski definition) is 0. The van der Waals surface area contributed by atoms with Gasteiger partial charge >= 0.3 is 0 Å². The molecule has 0 unspecified atom stereocenters. The minimum Gasteiger partial charge on any atom is -0.0956 e. The molecule has 0 N–H and O–H groups in total. The molecule has 0 spiro atoms. The Morgan fingerprint density at radius 1 is 1.00 bits per heavy atom. The Morgan fingerprint density at radius 3 is 1.69 bits per heavy atom. The first-order valence-electron chi connectivity index (χ1n) is 6.43. The molecule has 0 radical (unpaired) electrons. The molecule has 0 amide bonds. The molecule has 0 aromatic heterocycles. The van der Waals surface area contributed by atoms with E-state index in [0.29, 0.717) is 11.8 Å². The van der Waals surface area contributed by atoms with Gasteiger partial charge in [-0.05, 0) is 31.3 Å². The third kappa shape index (κ3) is 6.66. The van der Waals surface area contributed by atoms with Crippen LogP contribution in [0.3, 0.4) is 0 Å². The largest absolute Gasteiger partial charge is 0.0956 e. The van der Waals surface area contributed by atoms with Crippen molar-refractivity contribution >= 4 is 0 Å². The van der Waals surface area contributed by atoms with Crippen molar-refractivity contribution in [3.63, 3.8) is 0 Å². The molecule has 0 aliphatic rings. The summed E-state index contributed by atoms with van der Waals surface area (Å²) in [6.07, 6.45) is 4.41. The molecule has 0 saturated heterocycles. The van der Waals surface area contributed by atoms with Gasteiger partial charge in [0.2, 0.25) is 0 Å². The predicted octanol–water partition coefficient (Wildman–Crippen LogP) is 5.77. The maximum Gasteiger partial charge on any atom is -0.0216 e. The second-order valence-electron chi connectivity index (χ2n) is 4.46. The molecular weight excluding hydrogens is 192 g/mol. The summed E-state index contributed by atoms with van der Waals surface area (Å²) >= 11 is 0. The van der Waals surface area contributed by atoms with Crippen molar-refractivity contribution in [2.75, 3.05) is 0 Å². The zero-order valence-electron chi connectivity index (χ0n) is 12.5. The summed E-state index contributed by atoms with van der Waals surface area (Å²) in [5.74, 6) is 1.11. The van der Waals surface area contributed by atoms with Crippen LogP contribution in [0, 0.1) is 11.8 Å². The lowest BCUT2D eigenvalue weighted by Crippen LogP contribution is -1.98. The van der Waals surface area contributed by atoms with Crippen LogP contribution in [0.5, 0.6) is 0 Å². The molecule has 0 aliphatic carbocycles. The second kappa shape index (κ2) is 9.45. The highest BCUT2D eigenvalue weighted by molar-refractivity contribution is 5.36. The Hall–Kier alpha value is -0.780. The summed E-state index contributed by atoms with van der Waals surface area (Å²) in [7, 11) is 0. The van der Waals surface area contributed by atoms with Gasteiger partial charge in [-0.15, -0.1) is 0 Å². The standard InChI is InChI=1S/C14H24.C2H6/c1-8-12(6)14(11(4)5)9-13(7)10(2)3;1-2/h8-11H,7H2,1-6H3;1-2H3/b12-8-,14-9-;. The Bertz CT molecular complexity index is 249. The average Bonchev–Trinajstić information content (AvgIpc) is 2.26. The highest BCUT2D eigenvalue weighted by Crippen LogP contribution is 2.22. The maximum atomic E-state index is 4.09. The average molecular weight is 222 g/mol. The lowest BCUT2D eigenvalue weighted by molar-refractivity contribution is 0.756. The lowest BCUT2D eigenvalue weighted by atomic mass is 9.91.